The van der Waals surface area contributed by atoms with E-state index in [0.29, 0.717) is 18.4 Å². The molecule has 1 rings (SSSR count). The van der Waals surface area contributed by atoms with Crippen molar-refractivity contribution in [3.8, 4) is 5.75 Å². The molecular weight excluding hydrogens is 276 g/mol. The van der Waals surface area contributed by atoms with Gasteiger partial charge >= 0.3 is 11.9 Å². The van der Waals surface area contributed by atoms with Gasteiger partial charge in [0.2, 0.25) is 0 Å². The van der Waals surface area contributed by atoms with Crippen molar-refractivity contribution < 1.29 is 30.0 Å². The molecule has 0 amide bonds. The zero-order chi connectivity index (χ0) is 16.2. The molecule has 0 spiro atoms. The summed E-state index contributed by atoms with van der Waals surface area (Å²) >= 11 is 0. The molecule has 0 aliphatic carbocycles. The van der Waals surface area contributed by atoms with E-state index >= 15 is 0 Å². The third-order valence-electron chi connectivity index (χ3n) is 3.33. The van der Waals surface area contributed by atoms with Crippen LogP contribution in [0, 0.1) is 0 Å². The van der Waals surface area contributed by atoms with Crippen LogP contribution in [-0.2, 0) is 6.42 Å². The second-order valence-corrected chi connectivity index (χ2v) is 5.16. The number of carbonyl (C=O) groups is 2. The predicted molar refractivity (Wildman–Crippen MR) is 76.1 cm³/mol. The maximum absolute atomic E-state index is 11.4. The molecule has 1 aromatic carbocycles. The van der Waals surface area contributed by atoms with Crippen molar-refractivity contribution in [3.63, 3.8) is 0 Å². The summed E-state index contributed by atoms with van der Waals surface area (Å²) in [5, 5.41) is 37.6. The first-order valence-electron chi connectivity index (χ1n) is 6.77. The summed E-state index contributed by atoms with van der Waals surface area (Å²) in [7, 11) is 0. The number of unbranched alkanes of at least 4 members (excludes halogenated alkanes) is 1. The molecule has 21 heavy (non-hydrogen) atoms. The SMILES string of the molecule is CC(C)c1cc(C(=O)O)c(C(=O)O)c(CCCCO)c1O. The summed E-state index contributed by atoms with van der Waals surface area (Å²) in [6.45, 7) is 3.54. The normalized spacial score (nSPS) is 10.9. The minimum atomic E-state index is -1.38. The highest BCUT2D eigenvalue weighted by atomic mass is 16.4. The van der Waals surface area contributed by atoms with Crippen LogP contribution in [0.4, 0.5) is 0 Å². The van der Waals surface area contributed by atoms with Gasteiger partial charge in [-0.05, 0) is 36.8 Å². The standard InChI is InChI=1S/C15H20O6/c1-8(2)10-7-11(14(18)19)12(15(20)21)9(13(10)17)5-3-4-6-16/h7-8,16-17H,3-6H2,1-2H3,(H,18,19)(H,20,21). The molecule has 0 radical (unpaired) electrons. The number of aromatic carboxylic acids is 2. The lowest BCUT2D eigenvalue weighted by Crippen LogP contribution is -2.14. The fraction of sp³-hybridized carbons (Fsp3) is 0.467. The highest BCUT2D eigenvalue weighted by molar-refractivity contribution is 6.03. The van der Waals surface area contributed by atoms with Gasteiger partial charge in [-0.1, -0.05) is 13.8 Å². The minimum Gasteiger partial charge on any atom is -0.507 e. The van der Waals surface area contributed by atoms with E-state index in [0.717, 1.165) is 0 Å². The van der Waals surface area contributed by atoms with Gasteiger partial charge < -0.3 is 20.4 Å². The fourth-order valence-electron chi connectivity index (χ4n) is 2.26. The van der Waals surface area contributed by atoms with E-state index < -0.39 is 11.9 Å². The van der Waals surface area contributed by atoms with Crippen LogP contribution >= 0.6 is 0 Å². The number of aliphatic hydroxyl groups excluding tert-OH is 1. The van der Waals surface area contributed by atoms with Gasteiger partial charge in [-0.15, -0.1) is 0 Å². The lowest BCUT2D eigenvalue weighted by molar-refractivity contribution is 0.0650. The number of aromatic hydroxyl groups is 1. The van der Waals surface area contributed by atoms with Crippen LogP contribution in [0.15, 0.2) is 6.07 Å². The Hall–Kier alpha value is -2.08. The van der Waals surface area contributed by atoms with Gasteiger partial charge in [0.05, 0.1) is 11.1 Å². The van der Waals surface area contributed by atoms with Crippen molar-refractivity contribution in [2.24, 2.45) is 0 Å². The van der Waals surface area contributed by atoms with E-state index in [1.165, 1.54) is 6.07 Å². The molecule has 0 saturated heterocycles. The number of benzene rings is 1. The van der Waals surface area contributed by atoms with E-state index in [-0.39, 0.29) is 41.4 Å². The Morgan fingerprint density at radius 2 is 1.76 bits per heavy atom. The summed E-state index contributed by atoms with van der Waals surface area (Å²) in [6.07, 6.45) is 1.12. The molecule has 4 N–H and O–H groups in total. The lowest BCUT2D eigenvalue weighted by Gasteiger charge is -2.17. The van der Waals surface area contributed by atoms with Crippen molar-refractivity contribution in [1.29, 1.82) is 0 Å². The summed E-state index contributed by atoms with van der Waals surface area (Å²) in [4.78, 5) is 22.7. The average Bonchev–Trinajstić information content (AvgIpc) is 2.39. The maximum Gasteiger partial charge on any atom is 0.336 e. The van der Waals surface area contributed by atoms with Gasteiger partial charge in [-0.3, -0.25) is 0 Å². The van der Waals surface area contributed by atoms with Gasteiger partial charge in [0.25, 0.3) is 0 Å². The van der Waals surface area contributed by atoms with Crippen molar-refractivity contribution >= 4 is 11.9 Å². The van der Waals surface area contributed by atoms with Crippen molar-refractivity contribution in [3.05, 3.63) is 28.3 Å². The molecule has 0 fully saturated rings. The Kier molecular flexibility index (Phi) is 5.72. The molecule has 0 unspecified atom stereocenters. The molecule has 6 heteroatoms. The quantitative estimate of drug-likeness (QED) is 0.573. The molecule has 0 aliphatic heterocycles. The highest BCUT2D eigenvalue weighted by Crippen LogP contribution is 2.35. The minimum absolute atomic E-state index is 0.0428. The van der Waals surface area contributed by atoms with E-state index in [1.807, 2.05) is 0 Å². The van der Waals surface area contributed by atoms with E-state index in [9.17, 15) is 24.9 Å². The van der Waals surface area contributed by atoms with Crippen LogP contribution < -0.4 is 0 Å². The van der Waals surface area contributed by atoms with Gasteiger partial charge in [0.15, 0.2) is 0 Å². The Morgan fingerprint density at radius 3 is 2.19 bits per heavy atom. The first-order valence-corrected chi connectivity index (χ1v) is 6.77. The molecule has 0 atom stereocenters. The van der Waals surface area contributed by atoms with Crippen LogP contribution in [0.2, 0.25) is 0 Å². The van der Waals surface area contributed by atoms with E-state index in [4.69, 9.17) is 5.11 Å². The number of hydrogen-bond acceptors (Lipinski definition) is 4. The van der Waals surface area contributed by atoms with Crippen LogP contribution in [0.25, 0.3) is 0 Å². The van der Waals surface area contributed by atoms with E-state index in [2.05, 4.69) is 0 Å². The first kappa shape index (κ1) is 17.0. The fourth-order valence-corrected chi connectivity index (χ4v) is 2.26. The second-order valence-electron chi connectivity index (χ2n) is 5.16. The van der Waals surface area contributed by atoms with Crippen molar-refractivity contribution in [1.82, 2.24) is 0 Å². The molecular formula is C15H20O6. The second kappa shape index (κ2) is 7.08. The Bertz CT molecular complexity index is 548. The van der Waals surface area contributed by atoms with Crippen LogP contribution in [-0.4, -0.2) is 39.0 Å². The zero-order valence-corrected chi connectivity index (χ0v) is 12.1. The van der Waals surface area contributed by atoms with Gasteiger partial charge in [-0.2, -0.15) is 0 Å². The van der Waals surface area contributed by atoms with Gasteiger partial charge in [0.1, 0.15) is 5.75 Å². The number of hydrogen-bond donors (Lipinski definition) is 4. The topological polar surface area (TPSA) is 115 Å². The van der Waals surface area contributed by atoms with Crippen LogP contribution in [0.1, 0.15) is 64.4 Å². The number of phenolic OH excluding ortho intramolecular Hbond substituents is 1. The smallest absolute Gasteiger partial charge is 0.336 e. The van der Waals surface area contributed by atoms with Gasteiger partial charge in [-0.25, -0.2) is 9.59 Å². The summed E-state index contributed by atoms with van der Waals surface area (Å²) in [6, 6.07) is 1.22. The van der Waals surface area contributed by atoms with Crippen molar-refractivity contribution in [2.45, 2.75) is 39.0 Å². The molecule has 0 aromatic heterocycles. The molecule has 0 aliphatic rings. The monoisotopic (exact) mass is 296 g/mol. The van der Waals surface area contributed by atoms with Gasteiger partial charge in [0, 0.05) is 12.2 Å². The highest BCUT2D eigenvalue weighted by Gasteiger charge is 2.26. The first-order chi connectivity index (χ1) is 9.81. The molecule has 0 heterocycles. The molecule has 6 nitrogen and oxygen atoms in total. The Morgan fingerprint density at radius 1 is 1.14 bits per heavy atom. The summed E-state index contributed by atoms with van der Waals surface area (Å²) < 4.78 is 0. The van der Waals surface area contributed by atoms with E-state index in [1.54, 1.807) is 13.8 Å². The number of carboxylic acid groups (broad SMARTS) is 2. The lowest BCUT2D eigenvalue weighted by atomic mass is 9.89. The van der Waals surface area contributed by atoms with Crippen LogP contribution in [0.3, 0.4) is 0 Å². The van der Waals surface area contributed by atoms with Crippen LogP contribution in [0.5, 0.6) is 5.75 Å². The Labute approximate surface area is 122 Å². The van der Waals surface area contributed by atoms with Crippen molar-refractivity contribution in [2.75, 3.05) is 6.61 Å². The molecule has 0 saturated carbocycles. The summed E-state index contributed by atoms with van der Waals surface area (Å²) in [5.41, 5.74) is -0.152. The number of carboxylic acids is 2. The average molecular weight is 296 g/mol. The third kappa shape index (κ3) is 3.72. The molecule has 1 aromatic rings. The third-order valence-corrected chi connectivity index (χ3v) is 3.33. The zero-order valence-electron chi connectivity index (χ0n) is 12.1. The number of aliphatic hydroxyl groups is 1. The maximum atomic E-state index is 11.4. The largest absolute Gasteiger partial charge is 0.507 e. The number of phenols is 1. The summed E-state index contributed by atoms with van der Waals surface area (Å²) in [5.74, 6) is -3.01. The molecule has 0 bridgehead atoms. The molecule has 116 valence electrons. The predicted octanol–water partition coefficient (Wildman–Crippen LogP) is 2.23. The Balaban J connectivity index is 3.53. The number of rotatable bonds is 7.